The van der Waals surface area contributed by atoms with E-state index < -0.39 is 23.3 Å². The number of amides is 3. The van der Waals surface area contributed by atoms with Crippen LogP contribution in [0, 0.1) is 5.92 Å². The molecule has 29 heavy (non-hydrogen) atoms. The van der Waals surface area contributed by atoms with Crippen molar-refractivity contribution >= 4 is 23.3 Å². The lowest BCUT2D eigenvalue weighted by molar-refractivity contribution is -0.137. The number of thiazole rings is 1. The molecule has 1 spiro atoms. The first-order valence-corrected chi connectivity index (χ1v) is 10.3. The van der Waals surface area contributed by atoms with Crippen LogP contribution in [-0.2, 0) is 17.5 Å². The molecular weight excluding hydrogens is 403 g/mol. The van der Waals surface area contributed by atoms with Crippen molar-refractivity contribution in [1.29, 1.82) is 0 Å². The smallest absolute Gasteiger partial charge is 0.323 e. The summed E-state index contributed by atoms with van der Waals surface area (Å²) < 4.78 is 38.1. The predicted octanol–water partition coefficient (Wildman–Crippen LogP) is 4.83. The second-order valence-corrected chi connectivity index (χ2v) is 8.66. The summed E-state index contributed by atoms with van der Waals surface area (Å²) >= 11 is 1.27. The average Bonchev–Trinajstić information content (AvgIpc) is 3.23. The van der Waals surface area contributed by atoms with Gasteiger partial charge in [-0.1, -0.05) is 19.1 Å². The van der Waals surface area contributed by atoms with Crippen LogP contribution in [0.25, 0.3) is 10.6 Å². The number of aromatic nitrogens is 1. The number of imide groups is 1. The third-order valence-electron chi connectivity index (χ3n) is 5.70. The fraction of sp³-hybridized carbons (Fsp3) is 0.450. The van der Waals surface area contributed by atoms with Crippen molar-refractivity contribution in [3.63, 3.8) is 0 Å². The summed E-state index contributed by atoms with van der Waals surface area (Å²) in [6.07, 6.45) is -1.31. The summed E-state index contributed by atoms with van der Waals surface area (Å²) in [5, 5.41) is 5.14. The molecular formula is C20H20F3N3O2S. The highest BCUT2D eigenvalue weighted by atomic mass is 32.1. The van der Waals surface area contributed by atoms with Crippen molar-refractivity contribution in [2.75, 3.05) is 0 Å². The monoisotopic (exact) mass is 423 g/mol. The largest absolute Gasteiger partial charge is 0.416 e. The molecule has 0 radical (unpaired) electrons. The van der Waals surface area contributed by atoms with Gasteiger partial charge >= 0.3 is 12.2 Å². The van der Waals surface area contributed by atoms with E-state index in [0.29, 0.717) is 35.0 Å². The maximum Gasteiger partial charge on any atom is 0.416 e. The molecule has 1 aliphatic carbocycles. The number of halogens is 3. The van der Waals surface area contributed by atoms with E-state index in [9.17, 15) is 22.8 Å². The van der Waals surface area contributed by atoms with Crippen molar-refractivity contribution in [3.8, 4) is 10.6 Å². The van der Waals surface area contributed by atoms with Crippen molar-refractivity contribution < 1.29 is 22.8 Å². The summed E-state index contributed by atoms with van der Waals surface area (Å²) in [5.41, 5.74) is -0.418. The van der Waals surface area contributed by atoms with Gasteiger partial charge in [0, 0.05) is 10.9 Å². The maximum atomic E-state index is 12.9. The quantitative estimate of drug-likeness (QED) is 0.720. The van der Waals surface area contributed by atoms with Gasteiger partial charge in [-0.25, -0.2) is 9.78 Å². The zero-order valence-corrected chi connectivity index (χ0v) is 16.6. The normalized spacial score (nSPS) is 25.0. The van der Waals surface area contributed by atoms with E-state index in [1.54, 1.807) is 5.38 Å². The van der Waals surface area contributed by atoms with Gasteiger partial charge in [-0.05, 0) is 43.7 Å². The minimum Gasteiger partial charge on any atom is -0.323 e. The van der Waals surface area contributed by atoms with E-state index >= 15 is 0 Å². The Hall–Kier alpha value is -2.42. The molecule has 1 saturated heterocycles. The molecule has 2 fully saturated rings. The van der Waals surface area contributed by atoms with Crippen molar-refractivity contribution in [2.24, 2.45) is 5.92 Å². The third kappa shape index (κ3) is 3.75. The highest BCUT2D eigenvalue weighted by Gasteiger charge is 2.52. The molecule has 4 rings (SSSR count). The molecule has 1 aliphatic heterocycles. The van der Waals surface area contributed by atoms with Gasteiger partial charge in [-0.2, -0.15) is 13.2 Å². The number of carbonyl (C=O) groups excluding carboxylic acids is 2. The zero-order valence-electron chi connectivity index (χ0n) is 15.8. The second-order valence-electron chi connectivity index (χ2n) is 7.81. The molecule has 2 aliphatic rings. The van der Waals surface area contributed by atoms with Crippen LogP contribution in [0.5, 0.6) is 0 Å². The summed E-state index contributed by atoms with van der Waals surface area (Å²) in [4.78, 5) is 30.9. The summed E-state index contributed by atoms with van der Waals surface area (Å²) in [6, 6.07) is 4.37. The van der Waals surface area contributed by atoms with E-state index in [2.05, 4.69) is 17.2 Å². The van der Waals surface area contributed by atoms with Crippen LogP contribution < -0.4 is 5.32 Å². The molecule has 2 heterocycles. The number of alkyl halides is 3. The van der Waals surface area contributed by atoms with Gasteiger partial charge < -0.3 is 5.32 Å². The fourth-order valence-corrected chi connectivity index (χ4v) is 4.71. The van der Waals surface area contributed by atoms with E-state index in [0.717, 1.165) is 25.0 Å². The molecule has 1 aromatic heterocycles. The Kier molecular flexibility index (Phi) is 4.88. The lowest BCUT2D eigenvalue weighted by Gasteiger charge is -2.33. The standard InChI is InChI=1S/C20H20F3N3O2S/c1-12-6-8-19(9-7-12)17(27)26(18(28)25-19)10-15-11-29-16(24-15)13-2-4-14(5-3-13)20(21,22)23/h2-5,11-12H,6-10H2,1H3,(H,25,28). The van der Waals surface area contributed by atoms with Crippen LogP contribution in [-0.4, -0.2) is 27.4 Å². The Labute approximate surface area is 169 Å². The summed E-state index contributed by atoms with van der Waals surface area (Å²) in [5.74, 6) is 0.336. The van der Waals surface area contributed by atoms with E-state index in [1.807, 2.05) is 0 Å². The first-order chi connectivity index (χ1) is 13.7. The average molecular weight is 423 g/mol. The van der Waals surface area contributed by atoms with Crippen molar-refractivity contribution in [3.05, 3.63) is 40.9 Å². The van der Waals surface area contributed by atoms with Gasteiger partial charge in [-0.3, -0.25) is 9.69 Å². The SMILES string of the molecule is CC1CCC2(CC1)NC(=O)N(Cc1csc(-c3ccc(C(F)(F)F)cc3)n1)C2=O. The molecule has 0 unspecified atom stereocenters. The molecule has 5 nitrogen and oxygen atoms in total. The second kappa shape index (κ2) is 7.12. The van der Waals surface area contributed by atoms with Crippen LogP contribution in [0.3, 0.4) is 0 Å². The van der Waals surface area contributed by atoms with Crippen LogP contribution >= 0.6 is 11.3 Å². The highest BCUT2D eigenvalue weighted by molar-refractivity contribution is 7.13. The summed E-state index contributed by atoms with van der Waals surface area (Å²) in [7, 11) is 0. The first kappa shape index (κ1) is 19.9. The number of urea groups is 1. The van der Waals surface area contributed by atoms with Gasteiger partial charge in [0.15, 0.2) is 0 Å². The molecule has 0 bridgehead atoms. The number of carbonyl (C=O) groups is 2. The number of hydrogen-bond donors (Lipinski definition) is 1. The number of benzene rings is 1. The molecule has 1 aromatic carbocycles. The number of nitrogens with one attached hydrogen (secondary N) is 1. The van der Waals surface area contributed by atoms with E-state index in [4.69, 9.17) is 0 Å². The summed E-state index contributed by atoms with van der Waals surface area (Å²) in [6.45, 7) is 2.20. The Morgan fingerprint density at radius 2 is 1.86 bits per heavy atom. The maximum absolute atomic E-state index is 12.9. The van der Waals surface area contributed by atoms with Gasteiger partial charge in [0.05, 0.1) is 17.8 Å². The highest BCUT2D eigenvalue weighted by Crippen LogP contribution is 2.37. The predicted molar refractivity (Wildman–Crippen MR) is 102 cm³/mol. The Bertz CT molecular complexity index is 931. The van der Waals surface area contributed by atoms with Gasteiger partial charge in [0.2, 0.25) is 0 Å². The molecule has 9 heteroatoms. The first-order valence-electron chi connectivity index (χ1n) is 9.44. The molecule has 3 amide bonds. The Balaban J connectivity index is 1.48. The molecule has 1 N–H and O–H groups in total. The molecule has 1 saturated carbocycles. The zero-order chi connectivity index (χ0) is 20.8. The number of rotatable bonds is 3. The van der Waals surface area contributed by atoms with Gasteiger partial charge in [0.1, 0.15) is 10.5 Å². The lowest BCUT2D eigenvalue weighted by atomic mass is 9.77. The Morgan fingerprint density at radius 1 is 1.21 bits per heavy atom. The Morgan fingerprint density at radius 3 is 2.48 bits per heavy atom. The third-order valence-corrected chi connectivity index (χ3v) is 6.64. The molecule has 2 aromatic rings. The van der Waals surface area contributed by atoms with Crippen molar-refractivity contribution in [2.45, 2.75) is 50.9 Å². The van der Waals surface area contributed by atoms with Crippen LogP contribution in [0.15, 0.2) is 29.6 Å². The molecule has 0 atom stereocenters. The number of hydrogen-bond acceptors (Lipinski definition) is 4. The van der Waals surface area contributed by atoms with Gasteiger partial charge in [0.25, 0.3) is 5.91 Å². The van der Waals surface area contributed by atoms with Crippen LogP contribution in [0.2, 0.25) is 0 Å². The minimum atomic E-state index is -4.39. The number of nitrogens with zero attached hydrogens (tertiary/aromatic N) is 2. The van der Waals surface area contributed by atoms with Crippen LogP contribution in [0.1, 0.15) is 43.9 Å². The fourth-order valence-electron chi connectivity index (χ4n) is 3.89. The van der Waals surface area contributed by atoms with E-state index in [-0.39, 0.29) is 12.5 Å². The minimum absolute atomic E-state index is 0.0547. The topological polar surface area (TPSA) is 62.3 Å². The van der Waals surface area contributed by atoms with Crippen molar-refractivity contribution in [1.82, 2.24) is 15.2 Å². The van der Waals surface area contributed by atoms with Gasteiger partial charge in [-0.15, -0.1) is 11.3 Å². The molecule has 154 valence electrons. The van der Waals surface area contributed by atoms with Crippen LogP contribution in [0.4, 0.5) is 18.0 Å². The lowest BCUT2D eigenvalue weighted by Crippen LogP contribution is -2.49. The van der Waals surface area contributed by atoms with E-state index in [1.165, 1.54) is 28.4 Å².